The van der Waals surface area contributed by atoms with E-state index in [-0.39, 0.29) is 0 Å². The van der Waals surface area contributed by atoms with Gasteiger partial charge in [-0.3, -0.25) is 4.79 Å². The summed E-state index contributed by atoms with van der Waals surface area (Å²) in [7, 11) is 1.65. The predicted molar refractivity (Wildman–Crippen MR) is 55.5 cm³/mol. The third-order valence-corrected chi connectivity index (χ3v) is 1.74. The molecule has 3 N–H and O–H groups in total. The first-order valence-electron chi connectivity index (χ1n) is 4.58. The summed E-state index contributed by atoms with van der Waals surface area (Å²) in [5, 5.41) is 2.99. The molecule has 6 nitrogen and oxygen atoms in total. The van der Waals surface area contributed by atoms with Crippen LogP contribution >= 0.6 is 0 Å². The van der Waals surface area contributed by atoms with E-state index in [1.807, 2.05) is 0 Å². The molecule has 1 amide bonds. The molecule has 0 unspecified atom stereocenters. The number of nitrogens with one attached hydrogen (secondary N) is 1. The van der Waals surface area contributed by atoms with Gasteiger partial charge in [0.1, 0.15) is 0 Å². The summed E-state index contributed by atoms with van der Waals surface area (Å²) in [5.74, 6) is -0.0444. The number of hydrogen-bond donors (Lipinski definition) is 2. The van der Waals surface area contributed by atoms with E-state index in [4.69, 9.17) is 10.5 Å². The van der Waals surface area contributed by atoms with Crippen molar-refractivity contribution in [1.29, 1.82) is 0 Å². The SMILES string of the molecule is COCCCNc1ncc(C(N)=O)cn1. The van der Waals surface area contributed by atoms with Crippen LogP contribution in [0.1, 0.15) is 16.8 Å². The van der Waals surface area contributed by atoms with Crippen molar-refractivity contribution < 1.29 is 9.53 Å². The second-order valence-electron chi connectivity index (χ2n) is 2.93. The summed E-state index contributed by atoms with van der Waals surface area (Å²) in [6.45, 7) is 1.41. The number of nitrogens with two attached hydrogens (primary N) is 1. The largest absolute Gasteiger partial charge is 0.385 e. The van der Waals surface area contributed by atoms with Gasteiger partial charge < -0.3 is 15.8 Å². The number of hydrogen-bond acceptors (Lipinski definition) is 5. The van der Waals surface area contributed by atoms with Crippen molar-refractivity contribution in [3.63, 3.8) is 0 Å². The van der Waals surface area contributed by atoms with E-state index in [1.165, 1.54) is 12.4 Å². The quantitative estimate of drug-likeness (QED) is 0.646. The highest BCUT2D eigenvalue weighted by atomic mass is 16.5. The number of aromatic nitrogens is 2. The fraction of sp³-hybridized carbons (Fsp3) is 0.444. The summed E-state index contributed by atoms with van der Waals surface area (Å²) in [6.07, 6.45) is 3.67. The van der Waals surface area contributed by atoms with Gasteiger partial charge in [-0.15, -0.1) is 0 Å². The molecule has 0 aliphatic rings. The summed E-state index contributed by atoms with van der Waals surface area (Å²) in [4.78, 5) is 18.6. The lowest BCUT2D eigenvalue weighted by molar-refractivity contribution is 0.0999. The molecule has 6 heteroatoms. The average molecular weight is 210 g/mol. The smallest absolute Gasteiger partial charge is 0.251 e. The van der Waals surface area contributed by atoms with Crippen LogP contribution in [0.3, 0.4) is 0 Å². The fourth-order valence-electron chi connectivity index (χ4n) is 0.963. The zero-order valence-electron chi connectivity index (χ0n) is 8.56. The molecule has 1 aromatic heterocycles. The van der Waals surface area contributed by atoms with Gasteiger partial charge in [-0.25, -0.2) is 9.97 Å². The highest BCUT2D eigenvalue weighted by Gasteiger charge is 2.01. The van der Waals surface area contributed by atoms with E-state index in [2.05, 4.69) is 15.3 Å². The second-order valence-corrected chi connectivity index (χ2v) is 2.93. The molecular weight excluding hydrogens is 196 g/mol. The average Bonchev–Trinajstić information content (AvgIpc) is 2.25. The molecule has 1 heterocycles. The number of ether oxygens (including phenoxy) is 1. The minimum Gasteiger partial charge on any atom is -0.385 e. The molecular formula is C9H14N4O2. The Kier molecular flexibility index (Phi) is 4.49. The summed E-state index contributed by atoms with van der Waals surface area (Å²) < 4.78 is 4.89. The van der Waals surface area contributed by atoms with Crippen molar-refractivity contribution in [3.8, 4) is 0 Å². The van der Waals surface area contributed by atoms with Gasteiger partial charge in [0.25, 0.3) is 5.91 Å². The molecule has 0 saturated heterocycles. The van der Waals surface area contributed by atoms with Gasteiger partial charge in [0.05, 0.1) is 5.56 Å². The lowest BCUT2D eigenvalue weighted by atomic mass is 10.3. The van der Waals surface area contributed by atoms with Crippen LogP contribution in [0, 0.1) is 0 Å². The minimum absolute atomic E-state index is 0.303. The van der Waals surface area contributed by atoms with E-state index < -0.39 is 5.91 Å². The van der Waals surface area contributed by atoms with Crippen LogP contribution in [0.15, 0.2) is 12.4 Å². The number of primary amides is 1. The minimum atomic E-state index is -0.527. The van der Waals surface area contributed by atoms with E-state index in [0.717, 1.165) is 13.0 Å². The first-order chi connectivity index (χ1) is 7.24. The number of rotatable bonds is 6. The number of carbonyl (C=O) groups is 1. The van der Waals surface area contributed by atoms with Crippen LogP contribution in [-0.2, 0) is 4.74 Å². The van der Waals surface area contributed by atoms with Crippen LogP contribution in [0.2, 0.25) is 0 Å². The van der Waals surface area contributed by atoms with Crippen molar-refractivity contribution in [1.82, 2.24) is 9.97 Å². The zero-order valence-corrected chi connectivity index (χ0v) is 8.56. The molecule has 0 atom stereocenters. The standard InChI is InChI=1S/C9H14N4O2/c1-15-4-2-3-11-9-12-5-7(6-13-9)8(10)14/h5-6H,2-4H2,1H3,(H2,10,14)(H,11,12,13). The number of methoxy groups -OCH3 is 1. The van der Waals surface area contributed by atoms with Crippen molar-refractivity contribution in [2.45, 2.75) is 6.42 Å². The van der Waals surface area contributed by atoms with Gasteiger partial charge in [-0.2, -0.15) is 0 Å². The zero-order chi connectivity index (χ0) is 11.1. The van der Waals surface area contributed by atoms with Crippen molar-refractivity contribution in [2.75, 3.05) is 25.6 Å². The Bertz CT molecular complexity index is 312. The highest BCUT2D eigenvalue weighted by Crippen LogP contribution is 1.99. The summed E-state index contributed by atoms with van der Waals surface area (Å²) >= 11 is 0. The molecule has 0 radical (unpaired) electrons. The van der Waals surface area contributed by atoms with Crippen molar-refractivity contribution >= 4 is 11.9 Å². The first-order valence-corrected chi connectivity index (χ1v) is 4.58. The first kappa shape index (κ1) is 11.4. The van der Waals surface area contributed by atoms with E-state index in [0.29, 0.717) is 18.1 Å². The van der Waals surface area contributed by atoms with Crippen LogP contribution in [0.5, 0.6) is 0 Å². The predicted octanol–water partition coefficient (Wildman–Crippen LogP) is 0.0239. The number of nitrogens with zero attached hydrogens (tertiary/aromatic N) is 2. The third kappa shape index (κ3) is 3.90. The highest BCUT2D eigenvalue weighted by molar-refractivity contribution is 5.92. The van der Waals surface area contributed by atoms with Crippen LogP contribution < -0.4 is 11.1 Å². The molecule has 0 fully saturated rings. The van der Waals surface area contributed by atoms with Crippen LogP contribution in [0.4, 0.5) is 5.95 Å². The van der Waals surface area contributed by atoms with Crippen molar-refractivity contribution in [2.24, 2.45) is 5.73 Å². The maximum absolute atomic E-state index is 10.7. The van der Waals surface area contributed by atoms with Gasteiger partial charge >= 0.3 is 0 Å². The fourth-order valence-corrected chi connectivity index (χ4v) is 0.963. The second kappa shape index (κ2) is 5.92. The number of anilines is 1. The number of carbonyl (C=O) groups excluding carboxylic acids is 1. The molecule has 0 aromatic carbocycles. The van der Waals surface area contributed by atoms with Crippen molar-refractivity contribution in [3.05, 3.63) is 18.0 Å². The Morgan fingerprint density at radius 1 is 1.53 bits per heavy atom. The van der Waals surface area contributed by atoms with E-state index in [1.54, 1.807) is 7.11 Å². The van der Waals surface area contributed by atoms with Gasteiger partial charge in [-0.1, -0.05) is 0 Å². The Morgan fingerprint density at radius 2 is 2.20 bits per heavy atom. The molecule has 0 aliphatic heterocycles. The molecule has 0 spiro atoms. The van der Waals surface area contributed by atoms with E-state index >= 15 is 0 Å². The molecule has 1 rings (SSSR count). The number of amides is 1. The monoisotopic (exact) mass is 210 g/mol. The lowest BCUT2D eigenvalue weighted by Gasteiger charge is -2.03. The molecule has 0 aliphatic carbocycles. The van der Waals surface area contributed by atoms with Gasteiger partial charge in [0, 0.05) is 32.7 Å². The Hall–Kier alpha value is -1.69. The Balaban J connectivity index is 2.39. The lowest BCUT2D eigenvalue weighted by Crippen LogP contribution is -2.13. The Labute approximate surface area is 87.9 Å². The van der Waals surface area contributed by atoms with Crippen LogP contribution in [0.25, 0.3) is 0 Å². The normalized spacial score (nSPS) is 9.93. The maximum atomic E-state index is 10.7. The van der Waals surface area contributed by atoms with Crippen LogP contribution in [-0.4, -0.2) is 36.1 Å². The molecule has 15 heavy (non-hydrogen) atoms. The van der Waals surface area contributed by atoms with Gasteiger partial charge in [0.2, 0.25) is 5.95 Å². The summed E-state index contributed by atoms with van der Waals surface area (Å²) in [5.41, 5.74) is 5.35. The Morgan fingerprint density at radius 3 is 2.73 bits per heavy atom. The van der Waals surface area contributed by atoms with Gasteiger partial charge in [-0.05, 0) is 6.42 Å². The molecule has 82 valence electrons. The van der Waals surface area contributed by atoms with Gasteiger partial charge in [0.15, 0.2) is 0 Å². The molecule has 0 bridgehead atoms. The third-order valence-electron chi connectivity index (χ3n) is 1.74. The molecule has 1 aromatic rings. The molecule has 0 saturated carbocycles. The maximum Gasteiger partial charge on any atom is 0.251 e. The summed E-state index contributed by atoms with van der Waals surface area (Å²) in [6, 6.07) is 0. The topological polar surface area (TPSA) is 90.1 Å². The van der Waals surface area contributed by atoms with E-state index in [9.17, 15) is 4.79 Å².